The summed E-state index contributed by atoms with van der Waals surface area (Å²) in [5.74, 6) is -0.378. The van der Waals surface area contributed by atoms with Gasteiger partial charge in [-0.1, -0.05) is 6.07 Å². The fraction of sp³-hybridized carbons (Fsp3) is 0.455. The molecule has 0 aliphatic carbocycles. The highest BCUT2D eigenvalue weighted by molar-refractivity contribution is 5.97. The van der Waals surface area contributed by atoms with E-state index in [2.05, 4.69) is 15.2 Å². The first-order valence-electron chi connectivity index (χ1n) is 10.5. The third-order valence-corrected chi connectivity index (χ3v) is 5.30. The lowest BCUT2D eigenvalue weighted by molar-refractivity contribution is 0.0363. The van der Waals surface area contributed by atoms with Crippen molar-refractivity contribution in [2.24, 2.45) is 0 Å². The van der Waals surface area contributed by atoms with E-state index in [0.717, 1.165) is 13.1 Å². The van der Waals surface area contributed by atoms with Gasteiger partial charge in [0.25, 0.3) is 11.5 Å². The maximum Gasteiger partial charge on any atom is 0.267 e. The van der Waals surface area contributed by atoms with E-state index in [1.54, 1.807) is 22.9 Å². The summed E-state index contributed by atoms with van der Waals surface area (Å²) in [6, 6.07) is 6.84. The molecule has 0 radical (unpaired) electrons. The van der Waals surface area contributed by atoms with Gasteiger partial charge in [-0.15, -0.1) is 0 Å². The van der Waals surface area contributed by atoms with Gasteiger partial charge >= 0.3 is 0 Å². The van der Waals surface area contributed by atoms with Gasteiger partial charge < -0.3 is 14.6 Å². The van der Waals surface area contributed by atoms with Crippen molar-refractivity contribution >= 4 is 22.6 Å². The van der Waals surface area contributed by atoms with Crippen molar-refractivity contribution in [2.45, 2.75) is 32.9 Å². The molecule has 1 fully saturated rings. The van der Waals surface area contributed by atoms with Crippen molar-refractivity contribution < 1.29 is 9.53 Å². The fourth-order valence-corrected chi connectivity index (χ4v) is 3.75. The molecule has 0 atom stereocenters. The molecule has 0 bridgehead atoms. The number of nitrogens with zero attached hydrogens (tertiary/aromatic N) is 4. The predicted molar refractivity (Wildman–Crippen MR) is 117 cm³/mol. The van der Waals surface area contributed by atoms with Crippen LogP contribution in [0.2, 0.25) is 0 Å². The largest absolute Gasteiger partial charge is 0.379 e. The first-order chi connectivity index (χ1) is 14.7. The zero-order valence-corrected chi connectivity index (χ0v) is 18.1. The second-order valence-corrected chi connectivity index (χ2v) is 8.80. The van der Waals surface area contributed by atoms with Gasteiger partial charge in [-0.25, -0.2) is 4.98 Å². The Morgan fingerprint density at radius 1 is 1.23 bits per heavy atom. The molecular formula is C22H28N6O3. The number of amides is 1. The molecule has 9 heteroatoms. The highest BCUT2D eigenvalue weighted by Crippen LogP contribution is 2.12. The number of aromatic nitrogens is 3. The van der Waals surface area contributed by atoms with Gasteiger partial charge in [-0.3, -0.25) is 24.3 Å². The number of fused-ring (bicyclic) bond motifs is 2. The molecule has 4 heterocycles. The van der Waals surface area contributed by atoms with E-state index in [4.69, 9.17) is 10.1 Å². The molecule has 31 heavy (non-hydrogen) atoms. The summed E-state index contributed by atoms with van der Waals surface area (Å²) in [5, 5.41) is 12.0. The number of nitrogens with one attached hydrogen (secondary N) is 2. The Labute approximate surface area is 179 Å². The van der Waals surface area contributed by atoms with Gasteiger partial charge in [0.2, 0.25) is 0 Å². The van der Waals surface area contributed by atoms with E-state index in [0.29, 0.717) is 43.0 Å². The van der Waals surface area contributed by atoms with Crippen LogP contribution in [0.25, 0.3) is 16.7 Å². The smallest absolute Gasteiger partial charge is 0.267 e. The maximum atomic E-state index is 13.2. The molecule has 1 saturated heterocycles. The molecule has 3 aromatic rings. The van der Waals surface area contributed by atoms with E-state index >= 15 is 0 Å². The van der Waals surface area contributed by atoms with E-state index in [1.165, 1.54) is 10.5 Å². The molecule has 0 aromatic carbocycles. The molecule has 3 aromatic heterocycles. The molecule has 0 saturated carbocycles. The minimum atomic E-state index is -0.464. The number of carbonyl (C=O) groups excluding carboxylic acids is 1. The topological polar surface area (TPSA) is 105 Å². The quantitative estimate of drug-likeness (QED) is 0.608. The molecular weight excluding hydrogens is 396 g/mol. The Balaban J connectivity index is 1.88. The average molecular weight is 425 g/mol. The van der Waals surface area contributed by atoms with Crippen LogP contribution in [0, 0.1) is 5.41 Å². The third-order valence-electron chi connectivity index (χ3n) is 5.30. The van der Waals surface area contributed by atoms with Crippen LogP contribution in [0.3, 0.4) is 0 Å². The number of pyridine rings is 2. The molecule has 1 aliphatic rings. The van der Waals surface area contributed by atoms with E-state index < -0.39 is 5.54 Å². The number of hydrogen-bond donors (Lipinski definition) is 2. The maximum absolute atomic E-state index is 13.2. The van der Waals surface area contributed by atoms with Crippen LogP contribution in [0.1, 0.15) is 31.1 Å². The highest BCUT2D eigenvalue weighted by atomic mass is 16.5. The van der Waals surface area contributed by atoms with Crippen molar-refractivity contribution in [1.82, 2.24) is 24.2 Å². The van der Waals surface area contributed by atoms with Gasteiger partial charge in [0.15, 0.2) is 0 Å². The summed E-state index contributed by atoms with van der Waals surface area (Å²) in [7, 11) is 0. The summed E-state index contributed by atoms with van der Waals surface area (Å²) in [4.78, 5) is 33.1. The standard InChI is InChI=1S/C22H28N6O3/c1-22(2,3)25-20(29)15-14-16-19(24-17-6-4-5-7-27(17)21(16)30)28(18(15)23)9-8-26-10-12-31-13-11-26/h4-7,14,23H,8-13H2,1-3H3,(H,25,29). The zero-order chi connectivity index (χ0) is 22.2. The van der Waals surface area contributed by atoms with Crippen LogP contribution in [0.4, 0.5) is 0 Å². The minimum absolute atomic E-state index is 0.0506. The summed E-state index contributed by atoms with van der Waals surface area (Å²) in [5.41, 5.74) is 0.418. The van der Waals surface area contributed by atoms with E-state index in [1.807, 2.05) is 26.8 Å². The first kappa shape index (κ1) is 21.2. The van der Waals surface area contributed by atoms with Crippen LogP contribution in [0.5, 0.6) is 0 Å². The van der Waals surface area contributed by atoms with Crippen LogP contribution in [-0.4, -0.2) is 63.1 Å². The van der Waals surface area contributed by atoms with E-state index in [-0.39, 0.29) is 22.5 Å². The SMILES string of the molecule is CC(C)(C)NC(=O)c1cc2c(=O)n3ccccc3nc2n(CCN2CCOCC2)c1=N. The molecule has 4 rings (SSSR count). The first-order valence-corrected chi connectivity index (χ1v) is 10.5. The summed E-state index contributed by atoms with van der Waals surface area (Å²) < 4.78 is 8.55. The van der Waals surface area contributed by atoms with Crippen molar-refractivity contribution in [2.75, 3.05) is 32.8 Å². The molecule has 9 nitrogen and oxygen atoms in total. The van der Waals surface area contributed by atoms with Crippen molar-refractivity contribution in [1.29, 1.82) is 5.41 Å². The number of hydrogen-bond acceptors (Lipinski definition) is 6. The van der Waals surface area contributed by atoms with Crippen molar-refractivity contribution in [3.05, 3.63) is 51.9 Å². The van der Waals surface area contributed by atoms with E-state index in [9.17, 15) is 9.59 Å². The second-order valence-electron chi connectivity index (χ2n) is 8.80. The van der Waals surface area contributed by atoms with Crippen LogP contribution >= 0.6 is 0 Å². The summed E-state index contributed by atoms with van der Waals surface area (Å²) in [6.45, 7) is 9.75. The Morgan fingerprint density at radius 3 is 2.68 bits per heavy atom. The normalized spacial score (nSPS) is 15.5. The lowest BCUT2D eigenvalue weighted by atomic mass is 10.1. The Kier molecular flexibility index (Phi) is 5.63. The Morgan fingerprint density at radius 2 is 1.97 bits per heavy atom. The number of rotatable bonds is 4. The highest BCUT2D eigenvalue weighted by Gasteiger charge is 2.21. The van der Waals surface area contributed by atoms with Gasteiger partial charge in [0, 0.05) is 37.9 Å². The number of carbonyl (C=O) groups is 1. The fourth-order valence-electron chi connectivity index (χ4n) is 3.75. The lowest BCUT2D eigenvalue weighted by Gasteiger charge is -2.27. The van der Waals surface area contributed by atoms with Crippen LogP contribution in [0.15, 0.2) is 35.3 Å². The molecule has 164 valence electrons. The molecule has 2 N–H and O–H groups in total. The summed E-state index contributed by atoms with van der Waals surface area (Å²) >= 11 is 0. The van der Waals surface area contributed by atoms with Crippen LogP contribution < -0.4 is 16.4 Å². The van der Waals surface area contributed by atoms with Gasteiger partial charge in [0.05, 0.1) is 24.2 Å². The van der Waals surface area contributed by atoms with Crippen molar-refractivity contribution in [3.63, 3.8) is 0 Å². The van der Waals surface area contributed by atoms with Crippen LogP contribution in [-0.2, 0) is 11.3 Å². The Bertz CT molecular complexity index is 1250. The second kappa shape index (κ2) is 8.24. The summed E-state index contributed by atoms with van der Waals surface area (Å²) in [6.07, 6.45) is 1.66. The molecule has 0 spiro atoms. The lowest BCUT2D eigenvalue weighted by Crippen LogP contribution is -2.44. The zero-order valence-electron chi connectivity index (χ0n) is 18.1. The van der Waals surface area contributed by atoms with Gasteiger partial charge in [-0.05, 0) is 39.0 Å². The molecule has 1 aliphatic heterocycles. The minimum Gasteiger partial charge on any atom is -0.379 e. The third kappa shape index (κ3) is 4.38. The van der Waals surface area contributed by atoms with Gasteiger partial charge in [-0.2, -0.15) is 0 Å². The number of morpholine rings is 1. The Hall–Kier alpha value is -3.04. The number of ether oxygens (including phenoxy) is 1. The van der Waals surface area contributed by atoms with Gasteiger partial charge in [0.1, 0.15) is 16.8 Å². The average Bonchev–Trinajstić information content (AvgIpc) is 2.72. The predicted octanol–water partition coefficient (Wildman–Crippen LogP) is 0.989. The monoisotopic (exact) mass is 424 g/mol. The molecule has 0 unspecified atom stereocenters. The molecule has 1 amide bonds. The van der Waals surface area contributed by atoms with Crippen molar-refractivity contribution in [3.8, 4) is 0 Å².